The fourth-order valence-corrected chi connectivity index (χ4v) is 2.15. The van der Waals surface area contributed by atoms with Crippen LogP contribution < -0.4 is 15.8 Å². The molecule has 1 aliphatic heterocycles. The standard InChI is InChI=1S/C12H13F3N2O2/c13-12(14,15)19-10-6-8(16)1-2-9(10)7-3-4-17-11(18)5-7/h1-2,6-7H,3-5,16H2,(H,17,18)/t7-/m0/s1. The molecule has 1 heterocycles. The molecule has 1 aromatic carbocycles. The molecule has 1 aliphatic rings. The smallest absolute Gasteiger partial charge is 0.405 e. The molecular formula is C12H13F3N2O2. The lowest BCUT2D eigenvalue weighted by Gasteiger charge is -2.24. The first-order chi connectivity index (χ1) is 8.85. The lowest BCUT2D eigenvalue weighted by Crippen LogP contribution is -2.33. The molecule has 0 bridgehead atoms. The molecule has 7 heteroatoms. The van der Waals surface area contributed by atoms with E-state index in [9.17, 15) is 18.0 Å². The normalized spacial score (nSPS) is 19.9. The molecule has 0 unspecified atom stereocenters. The Balaban J connectivity index is 2.30. The number of rotatable bonds is 2. The van der Waals surface area contributed by atoms with Crippen LogP contribution in [0, 0.1) is 0 Å². The molecule has 1 saturated heterocycles. The molecule has 1 atom stereocenters. The summed E-state index contributed by atoms with van der Waals surface area (Å²) in [6.07, 6.45) is -4.05. The highest BCUT2D eigenvalue weighted by Gasteiger charge is 2.33. The summed E-state index contributed by atoms with van der Waals surface area (Å²) in [6.45, 7) is 0.444. The molecule has 0 saturated carbocycles. The maximum atomic E-state index is 12.4. The minimum Gasteiger partial charge on any atom is -0.405 e. The summed E-state index contributed by atoms with van der Waals surface area (Å²) < 4.78 is 41.1. The van der Waals surface area contributed by atoms with Crippen molar-refractivity contribution in [2.45, 2.75) is 25.1 Å². The molecule has 2 rings (SSSR count). The van der Waals surface area contributed by atoms with Crippen LogP contribution in [-0.2, 0) is 4.79 Å². The highest BCUT2D eigenvalue weighted by molar-refractivity contribution is 5.78. The van der Waals surface area contributed by atoms with Gasteiger partial charge in [0.15, 0.2) is 0 Å². The van der Waals surface area contributed by atoms with Crippen molar-refractivity contribution in [2.75, 3.05) is 12.3 Å². The molecule has 4 nitrogen and oxygen atoms in total. The minimum absolute atomic E-state index is 0.151. The van der Waals surface area contributed by atoms with Crippen molar-refractivity contribution < 1.29 is 22.7 Å². The molecule has 1 amide bonds. The second-order valence-electron chi connectivity index (χ2n) is 4.38. The number of nitrogen functional groups attached to an aromatic ring is 1. The Morgan fingerprint density at radius 1 is 1.37 bits per heavy atom. The number of hydrogen-bond acceptors (Lipinski definition) is 3. The Bertz CT molecular complexity index is 488. The molecule has 104 valence electrons. The van der Waals surface area contributed by atoms with Crippen LogP contribution in [0.3, 0.4) is 0 Å². The van der Waals surface area contributed by atoms with E-state index in [0.717, 1.165) is 6.07 Å². The molecule has 1 aromatic rings. The zero-order valence-electron chi connectivity index (χ0n) is 9.96. The molecule has 19 heavy (non-hydrogen) atoms. The number of benzene rings is 1. The molecule has 0 spiro atoms. The van der Waals surface area contributed by atoms with Crippen molar-refractivity contribution in [3.05, 3.63) is 23.8 Å². The van der Waals surface area contributed by atoms with Gasteiger partial charge in [-0.15, -0.1) is 13.2 Å². The Morgan fingerprint density at radius 2 is 2.11 bits per heavy atom. The number of halogens is 3. The zero-order chi connectivity index (χ0) is 14.0. The topological polar surface area (TPSA) is 64.3 Å². The van der Waals surface area contributed by atoms with E-state index < -0.39 is 6.36 Å². The fraction of sp³-hybridized carbons (Fsp3) is 0.417. The van der Waals surface area contributed by atoms with E-state index in [2.05, 4.69) is 10.1 Å². The number of nitrogens with one attached hydrogen (secondary N) is 1. The molecule has 0 aliphatic carbocycles. The molecular weight excluding hydrogens is 261 g/mol. The largest absolute Gasteiger partial charge is 0.573 e. The summed E-state index contributed by atoms with van der Waals surface area (Å²) in [6, 6.07) is 4.13. The Morgan fingerprint density at radius 3 is 2.74 bits per heavy atom. The first kappa shape index (κ1) is 13.5. The van der Waals surface area contributed by atoms with Crippen molar-refractivity contribution in [3.8, 4) is 5.75 Å². The summed E-state index contributed by atoms with van der Waals surface area (Å²) in [4.78, 5) is 11.3. The summed E-state index contributed by atoms with van der Waals surface area (Å²) in [5.41, 5.74) is 6.02. The third-order valence-corrected chi connectivity index (χ3v) is 2.95. The van der Waals surface area contributed by atoms with Gasteiger partial charge in [0.1, 0.15) is 5.75 Å². The highest BCUT2D eigenvalue weighted by Crippen LogP contribution is 2.36. The SMILES string of the molecule is Nc1ccc([C@H]2CCNC(=O)C2)c(OC(F)(F)F)c1. The van der Waals surface area contributed by atoms with E-state index in [-0.39, 0.29) is 29.7 Å². The second-order valence-corrected chi connectivity index (χ2v) is 4.38. The number of alkyl halides is 3. The van der Waals surface area contributed by atoms with Gasteiger partial charge in [0.2, 0.25) is 5.91 Å². The first-order valence-electron chi connectivity index (χ1n) is 5.77. The van der Waals surface area contributed by atoms with E-state index in [1.807, 2.05) is 0 Å². The average molecular weight is 274 g/mol. The monoisotopic (exact) mass is 274 g/mol. The first-order valence-corrected chi connectivity index (χ1v) is 5.77. The number of ether oxygens (including phenoxy) is 1. The number of anilines is 1. The predicted molar refractivity (Wildman–Crippen MR) is 62.5 cm³/mol. The van der Waals surface area contributed by atoms with Gasteiger partial charge in [0.25, 0.3) is 0 Å². The van der Waals surface area contributed by atoms with Crippen LogP contribution in [0.15, 0.2) is 18.2 Å². The van der Waals surface area contributed by atoms with Crippen molar-refractivity contribution in [2.24, 2.45) is 0 Å². The summed E-state index contributed by atoms with van der Waals surface area (Å²) in [7, 11) is 0. The van der Waals surface area contributed by atoms with Crippen molar-refractivity contribution in [3.63, 3.8) is 0 Å². The third kappa shape index (κ3) is 3.52. The average Bonchev–Trinajstić information content (AvgIpc) is 2.26. The number of hydrogen-bond donors (Lipinski definition) is 2. The Kier molecular flexibility index (Phi) is 3.55. The van der Waals surface area contributed by atoms with E-state index in [1.54, 1.807) is 0 Å². The minimum atomic E-state index is -4.78. The lowest BCUT2D eigenvalue weighted by molar-refractivity contribution is -0.274. The van der Waals surface area contributed by atoms with E-state index in [1.165, 1.54) is 12.1 Å². The van der Waals surface area contributed by atoms with Crippen LogP contribution in [0.4, 0.5) is 18.9 Å². The number of carbonyl (C=O) groups excluding carboxylic acids is 1. The van der Waals surface area contributed by atoms with Gasteiger partial charge < -0.3 is 15.8 Å². The van der Waals surface area contributed by atoms with Crippen LogP contribution in [0.5, 0.6) is 5.75 Å². The van der Waals surface area contributed by atoms with Gasteiger partial charge in [0.05, 0.1) is 0 Å². The van der Waals surface area contributed by atoms with Gasteiger partial charge in [-0.2, -0.15) is 0 Å². The Hall–Kier alpha value is -1.92. The van der Waals surface area contributed by atoms with E-state index in [4.69, 9.17) is 5.73 Å². The van der Waals surface area contributed by atoms with Crippen LogP contribution in [-0.4, -0.2) is 18.8 Å². The number of carbonyl (C=O) groups is 1. The van der Waals surface area contributed by atoms with Crippen LogP contribution in [0.2, 0.25) is 0 Å². The maximum Gasteiger partial charge on any atom is 0.573 e. The molecule has 0 aromatic heterocycles. The van der Waals surface area contributed by atoms with E-state index in [0.29, 0.717) is 18.5 Å². The Labute approximate surface area is 107 Å². The number of piperidine rings is 1. The second kappa shape index (κ2) is 4.99. The number of amides is 1. The van der Waals surface area contributed by atoms with Gasteiger partial charge in [-0.25, -0.2) is 0 Å². The van der Waals surface area contributed by atoms with Crippen LogP contribution in [0.1, 0.15) is 24.3 Å². The van der Waals surface area contributed by atoms with Gasteiger partial charge in [-0.1, -0.05) is 6.07 Å². The predicted octanol–water partition coefficient (Wildman–Crippen LogP) is 2.16. The van der Waals surface area contributed by atoms with Gasteiger partial charge in [0, 0.05) is 24.7 Å². The summed E-state index contributed by atoms with van der Waals surface area (Å²) in [5.74, 6) is -0.787. The van der Waals surface area contributed by atoms with Gasteiger partial charge >= 0.3 is 6.36 Å². The molecule has 0 radical (unpaired) electrons. The zero-order valence-corrected chi connectivity index (χ0v) is 9.96. The quantitative estimate of drug-likeness (QED) is 0.812. The highest BCUT2D eigenvalue weighted by atomic mass is 19.4. The number of nitrogens with two attached hydrogens (primary N) is 1. The van der Waals surface area contributed by atoms with Crippen molar-refractivity contribution in [1.82, 2.24) is 5.32 Å². The van der Waals surface area contributed by atoms with Crippen LogP contribution >= 0.6 is 0 Å². The summed E-state index contributed by atoms with van der Waals surface area (Å²) >= 11 is 0. The maximum absolute atomic E-state index is 12.4. The van der Waals surface area contributed by atoms with Crippen molar-refractivity contribution >= 4 is 11.6 Å². The van der Waals surface area contributed by atoms with Crippen LogP contribution in [0.25, 0.3) is 0 Å². The summed E-state index contributed by atoms with van der Waals surface area (Å²) in [5, 5.41) is 2.63. The molecule has 1 fully saturated rings. The van der Waals surface area contributed by atoms with Crippen molar-refractivity contribution in [1.29, 1.82) is 0 Å². The van der Waals surface area contributed by atoms with E-state index >= 15 is 0 Å². The third-order valence-electron chi connectivity index (χ3n) is 2.95. The molecule has 3 N–H and O–H groups in total. The van der Waals surface area contributed by atoms with Gasteiger partial charge in [-0.05, 0) is 24.0 Å². The lowest BCUT2D eigenvalue weighted by atomic mass is 9.89. The van der Waals surface area contributed by atoms with Gasteiger partial charge in [-0.3, -0.25) is 4.79 Å². The fourth-order valence-electron chi connectivity index (χ4n) is 2.15.